The molecule has 1 heterocycles. The molecule has 5 heteroatoms. The van der Waals surface area contributed by atoms with Crippen molar-refractivity contribution in [2.24, 2.45) is 0 Å². The van der Waals surface area contributed by atoms with Crippen LogP contribution < -0.4 is 0 Å². The van der Waals surface area contributed by atoms with Gasteiger partial charge in [0.05, 0.1) is 5.75 Å². The standard InChI is InChI=1S/C6H6BrNO2S/c7-6-3-5(1-2-8-6)4-11(9)10/h1-3H,4H2,(H,9,10). The largest absolute Gasteiger partial charge is 0.306 e. The first-order chi connectivity index (χ1) is 5.18. The molecular formula is C6H6BrNO2S. The maximum Gasteiger partial charge on any atom is 0.157 e. The first kappa shape index (κ1) is 8.83. The van der Waals surface area contributed by atoms with Crippen molar-refractivity contribution in [2.45, 2.75) is 5.75 Å². The highest BCUT2D eigenvalue weighted by Gasteiger charge is 1.97. The smallest absolute Gasteiger partial charge is 0.157 e. The minimum Gasteiger partial charge on any atom is -0.306 e. The first-order valence-corrected chi connectivity index (χ1v) is 4.93. The van der Waals surface area contributed by atoms with Crippen LogP contribution in [0, 0.1) is 0 Å². The Morgan fingerprint density at radius 2 is 2.45 bits per heavy atom. The van der Waals surface area contributed by atoms with Gasteiger partial charge in [-0.05, 0) is 33.6 Å². The minimum absolute atomic E-state index is 0.154. The van der Waals surface area contributed by atoms with Crippen LogP contribution in [0.3, 0.4) is 0 Å². The van der Waals surface area contributed by atoms with Gasteiger partial charge in [-0.3, -0.25) is 0 Å². The molecule has 1 aromatic heterocycles. The van der Waals surface area contributed by atoms with Crippen molar-refractivity contribution < 1.29 is 8.76 Å². The second kappa shape index (κ2) is 3.94. The van der Waals surface area contributed by atoms with Crippen LogP contribution in [-0.4, -0.2) is 13.7 Å². The van der Waals surface area contributed by atoms with Gasteiger partial charge in [0.15, 0.2) is 11.1 Å². The Morgan fingerprint density at radius 1 is 1.73 bits per heavy atom. The van der Waals surface area contributed by atoms with E-state index in [1.165, 1.54) is 0 Å². The molecule has 1 aromatic rings. The van der Waals surface area contributed by atoms with Crippen LogP contribution in [0.4, 0.5) is 0 Å². The third kappa shape index (κ3) is 3.09. The molecule has 0 aliphatic rings. The van der Waals surface area contributed by atoms with E-state index in [1.54, 1.807) is 18.3 Å². The van der Waals surface area contributed by atoms with E-state index in [2.05, 4.69) is 20.9 Å². The highest BCUT2D eigenvalue weighted by Crippen LogP contribution is 2.08. The molecule has 0 saturated heterocycles. The topological polar surface area (TPSA) is 50.2 Å². The Morgan fingerprint density at radius 3 is 3.00 bits per heavy atom. The second-order valence-electron chi connectivity index (χ2n) is 1.95. The van der Waals surface area contributed by atoms with Crippen molar-refractivity contribution in [1.29, 1.82) is 0 Å². The summed E-state index contributed by atoms with van der Waals surface area (Å²) in [7, 11) is 0. The summed E-state index contributed by atoms with van der Waals surface area (Å²) in [6, 6.07) is 3.42. The molecule has 60 valence electrons. The third-order valence-corrected chi connectivity index (χ3v) is 2.10. The van der Waals surface area contributed by atoms with E-state index < -0.39 is 11.1 Å². The molecule has 11 heavy (non-hydrogen) atoms. The van der Waals surface area contributed by atoms with Crippen molar-refractivity contribution in [3.8, 4) is 0 Å². The third-order valence-electron chi connectivity index (χ3n) is 1.08. The summed E-state index contributed by atoms with van der Waals surface area (Å²) in [5.41, 5.74) is 0.799. The molecule has 0 amide bonds. The predicted molar refractivity (Wildman–Crippen MR) is 46.4 cm³/mol. The number of rotatable bonds is 2. The van der Waals surface area contributed by atoms with Gasteiger partial charge in [0.2, 0.25) is 0 Å². The summed E-state index contributed by atoms with van der Waals surface area (Å²) in [4.78, 5) is 3.88. The van der Waals surface area contributed by atoms with Crippen LogP contribution in [0.15, 0.2) is 22.9 Å². The fraction of sp³-hybridized carbons (Fsp3) is 0.167. The SMILES string of the molecule is O=S(O)Cc1ccnc(Br)c1. The van der Waals surface area contributed by atoms with Gasteiger partial charge in [0.25, 0.3) is 0 Å². The Bertz CT molecular complexity index is 279. The molecule has 3 nitrogen and oxygen atoms in total. The Balaban J connectivity index is 2.79. The van der Waals surface area contributed by atoms with Gasteiger partial charge in [-0.25, -0.2) is 9.19 Å². The lowest BCUT2D eigenvalue weighted by molar-refractivity contribution is 0.563. The molecule has 0 fully saturated rings. The first-order valence-electron chi connectivity index (χ1n) is 2.86. The summed E-state index contributed by atoms with van der Waals surface area (Å²) in [5, 5.41) is 0. The molecule has 0 saturated carbocycles. The number of hydrogen-bond acceptors (Lipinski definition) is 2. The lowest BCUT2D eigenvalue weighted by atomic mass is 10.3. The van der Waals surface area contributed by atoms with Crippen molar-refractivity contribution in [3.63, 3.8) is 0 Å². The zero-order valence-corrected chi connectivity index (χ0v) is 7.93. The van der Waals surface area contributed by atoms with Crippen LogP contribution in [0.5, 0.6) is 0 Å². The summed E-state index contributed by atoms with van der Waals surface area (Å²) < 4.78 is 19.6. The van der Waals surface area contributed by atoms with Gasteiger partial charge in [0, 0.05) is 6.20 Å². The van der Waals surface area contributed by atoms with E-state index in [1.807, 2.05) is 0 Å². The summed E-state index contributed by atoms with van der Waals surface area (Å²) >= 11 is 1.39. The maximum absolute atomic E-state index is 10.4. The monoisotopic (exact) mass is 235 g/mol. The van der Waals surface area contributed by atoms with Gasteiger partial charge in [-0.1, -0.05) is 0 Å². The fourth-order valence-electron chi connectivity index (χ4n) is 0.675. The molecule has 0 spiro atoms. The summed E-state index contributed by atoms with van der Waals surface area (Å²) in [6.07, 6.45) is 1.59. The number of pyridine rings is 1. The number of hydrogen-bond donors (Lipinski definition) is 1. The van der Waals surface area contributed by atoms with E-state index >= 15 is 0 Å². The highest BCUT2D eigenvalue weighted by molar-refractivity contribution is 9.10. The van der Waals surface area contributed by atoms with Crippen LogP contribution >= 0.6 is 15.9 Å². The molecule has 0 radical (unpaired) electrons. The minimum atomic E-state index is -1.77. The lowest BCUT2D eigenvalue weighted by Crippen LogP contribution is -1.92. The fourth-order valence-corrected chi connectivity index (χ4v) is 1.55. The molecule has 0 aliphatic carbocycles. The van der Waals surface area contributed by atoms with Crippen LogP contribution in [0.25, 0.3) is 0 Å². The highest BCUT2D eigenvalue weighted by atomic mass is 79.9. The lowest BCUT2D eigenvalue weighted by Gasteiger charge is -1.95. The van der Waals surface area contributed by atoms with Crippen LogP contribution in [0.1, 0.15) is 5.56 Å². The zero-order valence-electron chi connectivity index (χ0n) is 5.53. The number of nitrogens with zero attached hydrogens (tertiary/aromatic N) is 1. The van der Waals surface area contributed by atoms with Gasteiger partial charge in [0.1, 0.15) is 4.60 Å². The van der Waals surface area contributed by atoms with Crippen molar-refractivity contribution >= 4 is 27.0 Å². The molecule has 1 unspecified atom stereocenters. The van der Waals surface area contributed by atoms with Gasteiger partial charge >= 0.3 is 0 Å². The summed E-state index contributed by atoms with van der Waals surface area (Å²) in [5.74, 6) is 0.154. The quantitative estimate of drug-likeness (QED) is 0.626. The molecule has 1 atom stereocenters. The van der Waals surface area contributed by atoms with E-state index in [9.17, 15) is 4.21 Å². The zero-order chi connectivity index (χ0) is 8.27. The second-order valence-corrected chi connectivity index (χ2v) is 3.70. The Kier molecular flexibility index (Phi) is 3.16. The Hall–Kier alpha value is -0.260. The van der Waals surface area contributed by atoms with E-state index in [4.69, 9.17) is 4.55 Å². The van der Waals surface area contributed by atoms with Gasteiger partial charge in [-0.2, -0.15) is 0 Å². The number of aromatic nitrogens is 1. The van der Waals surface area contributed by atoms with Gasteiger partial charge < -0.3 is 4.55 Å². The molecular weight excluding hydrogens is 230 g/mol. The average molecular weight is 236 g/mol. The normalized spacial score (nSPS) is 12.9. The molecule has 0 aromatic carbocycles. The van der Waals surface area contributed by atoms with E-state index in [0.29, 0.717) is 4.60 Å². The van der Waals surface area contributed by atoms with E-state index in [-0.39, 0.29) is 5.75 Å². The average Bonchev–Trinajstić information content (AvgIpc) is 1.85. The molecule has 1 N–H and O–H groups in total. The Labute approximate surface area is 75.3 Å². The van der Waals surface area contributed by atoms with E-state index in [0.717, 1.165) is 5.56 Å². The van der Waals surface area contributed by atoms with Crippen molar-refractivity contribution in [3.05, 3.63) is 28.5 Å². The maximum atomic E-state index is 10.4. The predicted octanol–water partition coefficient (Wildman–Crippen LogP) is 1.57. The van der Waals surface area contributed by atoms with Gasteiger partial charge in [-0.15, -0.1) is 0 Å². The summed E-state index contributed by atoms with van der Waals surface area (Å²) in [6.45, 7) is 0. The van der Waals surface area contributed by atoms with Crippen molar-refractivity contribution in [1.82, 2.24) is 4.98 Å². The number of halogens is 1. The van der Waals surface area contributed by atoms with Crippen LogP contribution in [-0.2, 0) is 16.8 Å². The van der Waals surface area contributed by atoms with Crippen LogP contribution in [0.2, 0.25) is 0 Å². The molecule has 1 rings (SSSR count). The molecule has 0 bridgehead atoms. The van der Waals surface area contributed by atoms with Crippen molar-refractivity contribution in [2.75, 3.05) is 0 Å². The molecule has 0 aliphatic heterocycles.